The number of fused-ring (bicyclic) bond motifs is 1. The Bertz CT molecular complexity index is 3230. The molecule has 17 nitrogen and oxygen atoms in total. The minimum absolute atomic E-state index is 0.117. The number of aromatic nitrogens is 1. The van der Waals surface area contributed by atoms with Crippen molar-refractivity contribution in [3.63, 3.8) is 0 Å². The fourth-order valence-corrected chi connectivity index (χ4v) is 11.9. The quantitative estimate of drug-likeness (QED) is 0.00538. The van der Waals surface area contributed by atoms with Crippen LogP contribution in [0.15, 0.2) is 157 Å². The van der Waals surface area contributed by atoms with Gasteiger partial charge in [0.1, 0.15) is 35.4 Å². The van der Waals surface area contributed by atoms with Gasteiger partial charge in [-0.2, -0.15) is 5.10 Å². The van der Waals surface area contributed by atoms with Crippen LogP contribution in [-0.4, -0.2) is 85.7 Å². The fourth-order valence-electron chi connectivity index (χ4n) is 10.1. The number of benzene rings is 5. The predicted molar refractivity (Wildman–Crippen MR) is 339 cm³/mol. The number of esters is 6. The van der Waals surface area contributed by atoms with Crippen LogP contribution in [0.1, 0.15) is 114 Å². The lowest BCUT2D eigenvalue weighted by Crippen LogP contribution is -2.30. The number of thioether (sulfide) groups is 1. The second kappa shape index (κ2) is 35.5. The number of unbranched alkanes of at least 4 members (excludes halogenated alkanes) is 6. The fraction of sp³-hybridized carbons (Fsp3) is 0.391. The molecule has 0 amide bonds. The van der Waals surface area contributed by atoms with E-state index in [1.165, 1.54) is 11.3 Å². The van der Waals surface area contributed by atoms with E-state index in [0.717, 1.165) is 89.9 Å². The molecule has 0 atom stereocenters. The minimum atomic E-state index is -0.468. The average Bonchev–Trinajstić information content (AvgIpc) is 3.37. The van der Waals surface area contributed by atoms with Gasteiger partial charge in [0, 0.05) is 28.4 Å². The molecule has 0 N–H and O–H groups in total. The van der Waals surface area contributed by atoms with E-state index in [9.17, 15) is 28.8 Å². The summed E-state index contributed by atoms with van der Waals surface area (Å²) < 4.78 is 46.4. The number of anilines is 1. The highest BCUT2D eigenvalue weighted by Gasteiger charge is 2.34. The lowest BCUT2D eigenvalue weighted by Gasteiger charge is -2.26. The number of hydrogen-bond acceptors (Lipinski definition) is 19. The monoisotopic (exact) mass is 1240 g/mol. The van der Waals surface area contributed by atoms with Gasteiger partial charge in [0.15, 0.2) is 0 Å². The standard InChI is InChI=1S/C69H77N3O14S2/c1-3-63(73)81-43-16-7-5-14-41-79-55-32-22-49(23-33-55)48-83-65(75)50-24-26-53(27-25-50)68(78)86-61-39-38-58(46-54(61)47-70-72(40-45-87-59-18-10-9-11-19-59)69-71-60-20-12-13-21-62(60)88-69)85-67(77)52-30-28-51(29-31-52)66(76)84-57-36-34-56(35-37-57)80-42-15-6-8-17-44-82-64(74)4-2/h3-4,9-13,18-23,32-39,46-47,50-53H,1-2,5-8,14-17,24-31,40-45,48H2/b70-47+. The molecule has 88 heavy (non-hydrogen) atoms. The zero-order valence-corrected chi connectivity index (χ0v) is 51.3. The maximum atomic E-state index is 14.0. The van der Waals surface area contributed by atoms with E-state index in [1.54, 1.807) is 60.4 Å². The van der Waals surface area contributed by atoms with Crippen LogP contribution in [-0.2, 0) is 49.6 Å². The van der Waals surface area contributed by atoms with Gasteiger partial charge < -0.3 is 37.9 Å². The molecule has 2 saturated carbocycles. The second-order valence-corrected chi connectivity index (χ2v) is 23.7. The molecule has 464 valence electrons. The van der Waals surface area contributed by atoms with Crippen LogP contribution < -0.4 is 28.7 Å². The third-order valence-corrected chi connectivity index (χ3v) is 17.2. The first kappa shape index (κ1) is 65.7. The molecule has 6 aromatic rings. The van der Waals surface area contributed by atoms with Gasteiger partial charge in [-0.25, -0.2) is 19.6 Å². The van der Waals surface area contributed by atoms with Crippen LogP contribution in [0.4, 0.5) is 5.13 Å². The van der Waals surface area contributed by atoms with Gasteiger partial charge in [0.05, 0.1) is 73.1 Å². The third kappa shape index (κ3) is 21.5. The average molecular weight is 1240 g/mol. The first-order chi connectivity index (χ1) is 43.0. The maximum Gasteiger partial charge on any atom is 0.330 e. The first-order valence-electron chi connectivity index (χ1n) is 30.3. The molecule has 0 spiro atoms. The number of hydrogen-bond donors (Lipinski definition) is 0. The summed E-state index contributed by atoms with van der Waals surface area (Å²) in [5.41, 5.74) is 2.08. The zero-order valence-electron chi connectivity index (χ0n) is 49.6. The van der Waals surface area contributed by atoms with Crippen molar-refractivity contribution >= 4 is 80.5 Å². The summed E-state index contributed by atoms with van der Waals surface area (Å²) >= 11 is 3.20. The predicted octanol–water partition coefficient (Wildman–Crippen LogP) is 14.0. The van der Waals surface area contributed by atoms with E-state index < -0.39 is 35.7 Å². The van der Waals surface area contributed by atoms with Gasteiger partial charge in [-0.1, -0.05) is 67.0 Å². The minimum Gasteiger partial charge on any atom is -0.494 e. The molecule has 5 aromatic carbocycles. The van der Waals surface area contributed by atoms with Crippen molar-refractivity contribution in [3.05, 3.63) is 158 Å². The summed E-state index contributed by atoms with van der Waals surface area (Å²) in [5, 5.41) is 7.46. The van der Waals surface area contributed by atoms with E-state index >= 15 is 0 Å². The van der Waals surface area contributed by atoms with Crippen molar-refractivity contribution in [3.8, 4) is 28.7 Å². The van der Waals surface area contributed by atoms with Gasteiger partial charge in [0.2, 0.25) is 5.13 Å². The van der Waals surface area contributed by atoms with E-state index in [4.69, 9.17) is 48.0 Å². The zero-order chi connectivity index (χ0) is 61.7. The highest BCUT2D eigenvalue weighted by atomic mass is 32.2. The van der Waals surface area contributed by atoms with E-state index in [0.29, 0.717) is 112 Å². The lowest BCUT2D eigenvalue weighted by atomic mass is 9.82. The number of para-hydroxylation sites is 1. The molecule has 0 saturated heterocycles. The largest absolute Gasteiger partial charge is 0.494 e. The molecule has 1 aromatic heterocycles. The molecule has 0 aliphatic heterocycles. The van der Waals surface area contributed by atoms with Gasteiger partial charge in [-0.3, -0.25) is 19.2 Å². The van der Waals surface area contributed by atoms with E-state index in [2.05, 4.69) is 25.3 Å². The van der Waals surface area contributed by atoms with Crippen molar-refractivity contribution in [2.45, 2.75) is 114 Å². The molecule has 0 unspecified atom stereocenters. The van der Waals surface area contributed by atoms with Crippen LogP contribution in [0.2, 0.25) is 0 Å². The molecule has 19 heteroatoms. The molecule has 0 radical (unpaired) electrons. The maximum absolute atomic E-state index is 14.0. The summed E-state index contributed by atoms with van der Waals surface area (Å²) in [4.78, 5) is 82.8. The number of thiazole rings is 1. The van der Waals surface area contributed by atoms with E-state index in [-0.39, 0.29) is 41.9 Å². The normalized spacial score (nSPS) is 16.4. The summed E-state index contributed by atoms with van der Waals surface area (Å²) in [6, 6.07) is 37.2. The molecule has 2 aliphatic carbocycles. The Kier molecular flexibility index (Phi) is 26.5. The van der Waals surface area contributed by atoms with E-state index in [1.807, 2.05) is 71.7 Å². The Morgan fingerprint density at radius 2 is 1.02 bits per heavy atom. The summed E-state index contributed by atoms with van der Waals surface area (Å²) in [6.07, 6.45) is 14.5. The molecular formula is C69H77N3O14S2. The van der Waals surface area contributed by atoms with Crippen LogP contribution in [0.5, 0.6) is 28.7 Å². The van der Waals surface area contributed by atoms with Gasteiger partial charge in [-0.15, -0.1) is 11.8 Å². The Morgan fingerprint density at radius 1 is 0.534 bits per heavy atom. The topological polar surface area (TPSA) is 205 Å². The van der Waals surface area contributed by atoms with Gasteiger partial charge >= 0.3 is 35.8 Å². The molecule has 1 heterocycles. The molecular weight excluding hydrogens is 1160 g/mol. The molecule has 8 rings (SSSR count). The highest BCUT2D eigenvalue weighted by Crippen LogP contribution is 2.36. The smallest absolute Gasteiger partial charge is 0.330 e. The summed E-state index contributed by atoms with van der Waals surface area (Å²) in [6.45, 7) is 9.24. The Hall–Kier alpha value is -8.29. The van der Waals surface area contributed by atoms with Crippen molar-refractivity contribution in [1.82, 2.24) is 4.98 Å². The van der Waals surface area contributed by atoms with Crippen molar-refractivity contribution in [2.24, 2.45) is 28.8 Å². The molecule has 2 fully saturated rings. The number of rotatable bonds is 34. The number of carbonyl (C=O) groups is 6. The highest BCUT2D eigenvalue weighted by molar-refractivity contribution is 7.99. The Balaban J connectivity index is 0.839. The SMILES string of the molecule is C=CC(=O)OCCCCCCOc1ccc(COC(=O)C2CCC(C(=O)Oc3ccc(OC(=O)C4CCC(C(=O)Oc5ccc(OCCCCCCOC(=O)C=C)cc5)CC4)cc3/C=N/N(CCSc3ccccc3)c3nc4ccccc4s3)CC2)cc1. The summed E-state index contributed by atoms with van der Waals surface area (Å²) in [5.74, 6) is -1.08. The van der Waals surface area contributed by atoms with Crippen LogP contribution in [0, 0.1) is 23.7 Å². The number of nitrogens with zero attached hydrogens (tertiary/aromatic N) is 3. The van der Waals surface area contributed by atoms with Crippen molar-refractivity contribution < 1.29 is 66.7 Å². The van der Waals surface area contributed by atoms with Crippen LogP contribution >= 0.6 is 23.1 Å². The first-order valence-corrected chi connectivity index (χ1v) is 32.1. The number of hydrazone groups is 1. The van der Waals surface area contributed by atoms with Gasteiger partial charge in [0.25, 0.3) is 0 Å². The third-order valence-electron chi connectivity index (χ3n) is 15.1. The molecule has 2 aliphatic rings. The van der Waals surface area contributed by atoms with Crippen molar-refractivity contribution in [2.75, 3.05) is 43.7 Å². The Labute approximate surface area is 522 Å². The van der Waals surface area contributed by atoms with Gasteiger partial charge in [-0.05, 0) is 187 Å². The van der Waals surface area contributed by atoms with Crippen molar-refractivity contribution in [1.29, 1.82) is 0 Å². The molecule has 0 bridgehead atoms. The Morgan fingerprint density at radius 3 is 1.59 bits per heavy atom. The van der Waals surface area contributed by atoms with Crippen LogP contribution in [0.3, 0.4) is 0 Å². The number of ether oxygens (including phenoxy) is 8. The lowest BCUT2D eigenvalue weighted by molar-refractivity contribution is -0.153. The number of carbonyl (C=O) groups excluding carboxylic acids is 6. The summed E-state index contributed by atoms with van der Waals surface area (Å²) in [7, 11) is 0. The second-order valence-electron chi connectivity index (χ2n) is 21.5. The van der Waals surface area contributed by atoms with Crippen LogP contribution in [0.25, 0.3) is 10.2 Å².